The summed E-state index contributed by atoms with van der Waals surface area (Å²) in [5.41, 5.74) is -0.654. The Morgan fingerprint density at radius 2 is 2.10 bits per heavy atom. The van der Waals surface area contributed by atoms with Crippen LogP contribution in [0.25, 0.3) is 0 Å². The average molecular weight is 377 g/mol. The lowest BCUT2D eigenvalue weighted by Gasteiger charge is -2.39. The summed E-state index contributed by atoms with van der Waals surface area (Å²) in [4.78, 5) is 0.784. The molecule has 0 radical (unpaired) electrons. The standard InChI is InChI=1S/C15H19BrClNOS/c1-9(2)10-3-5-15(8-18,6-4-10)13(19)12-7-11(16)14(17)20-12/h7,9-10,13,19H,3-6H2,1-2H3. The quantitative estimate of drug-likeness (QED) is 0.751. The van der Waals surface area contributed by atoms with Crippen LogP contribution >= 0.6 is 38.9 Å². The molecule has 2 rings (SSSR count). The van der Waals surface area contributed by atoms with Gasteiger partial charge in [-0.3, -0.25) is 0 Å². The topological polar surface area (TPSA) is 44.0 Å². The second-order valence-corrected chi connectivity index (χ2v) is 8.56. The molecule has 5 heteroatoms. The number of aliphatic hydroxyl groups is 1. The summed E-state index contributed by atoms with van der Waals surface area (Å²) < 4.78 is 1.42. The zero-order chi connectivity index (χ0) is 14.9. The van der Waals surface area contributed by atoms with Crippen LogP contribution in [0.5, 0.6) is 0 Å². The van der Waals surface area contributed by atoms with Crippen LogP contribution in [0.15, 0.2) is 10.5 Å². The first-order chi connectivity index (χ1) is 9.39. The lowest BCUT2D eigenvalue weighted by molar-refractivity contribution is 0.0214. The summed E-state index contributed by atoms with van der Waals surface area (Å²) in [5, 5.41) is 20.3. The van der Waals surface area contributed by atoms with Gasteiger partial charge in [-0.2, -0.15) is 5.26 Å². The smallest absolute Gasteiger partial charge is 0.107 e. The zero-order valence-corrected chi connectivity index (χ0v) is 14.9. The van der Waals surface area contributed by atoms with E-state index in [1.165, 1.54) is 11.3 Å². The number of nitrogens with zero attached hydrogens (tertiary/aromatic N) is 1. The van der Waals surface area contributed by atoms with Gasteiger partial charge in [0, 0.05) is 9.35 Å². The second kappa shape index (κ2) is 6.36. The SMILES string of the molecule is CC(C)C1CCC(C#N)(C(O)c2cc(Br)c(Cl)s2)CC1. The van der Waals surface area contributed by atoms with Gasteiger partial charge >= 0.3 is 0 Å². The first-order valence-corrected chi connectivity index (χ1v) is 8.92. The van der Waals surface area contributed by atoms with Gasteiger partial charge in [-0.05, 0) is 59.5 Å². The van der Waals surface area contributed by atoms with Crippen LogP contribution in [0.1, 0.15) is 50.5 Å². The lowest BCUT2D eigenvalue weighted by Crippen LogP contribution is -2.33. The lowest BCUT2D eigenvalue weighted by atomic mass is 9.66. The van der Waals surface area contributed by atoms with E-state index in [0.717, 1.165) is 35.0 Å². The molecule has 20 heavy (non-hydrogen) atoms. The highest BCUT2D eigenvalue weighted by Gasteiger charge is 2.43. The summed E-state index contributed by atoms with van der Waals surface area (Å²) in [6, 6.07) is 4.24. The molecule has 0 bridgehead atoms. The van der Waals surface area contributed by atoms with E-state index < -0.39 is 11.5 Å². The normalized spacial score (nSPS) is 28.4. The Labute approximate surface area is 137 Å². The van der Waals surface area contributed by atoms with Crippen molar-refractivity contribution in [2.24, 2.45) is 17.3 Å². The van der Waals surface area contributed by atoms with Crippen LogP contribution in [-0.2, 0) is 0 Å². The molecule has 1 unspecified atom stereocenters. The second-order valence-electron chi connectivity index (χ2n) is 6.02. The van der Waals surface area contributed by atoms with Crippen molar-refractivity contribution in [1.82, 2.24) is 0 Å². The van der Waals surface area contributed by atoms with E-state index in [-0.39, 0.29) is 0 Å². The Morgan fingerprint density at radius 1 is 1.50 bits per heavy atom. The number of aliphatic hydroxyl groups excluding tert-OH is 1. The Morgan fingerprint density at radius 3 is 2.50 bits per heavy atom. The van der Waals surface area contributed by atoms with E-state index in [1.54, 1.807) is 0 Å². The van der Waals surface area contributed by atoms with Crippen molar-refractivity contribution in [3.8, 4) is 6.07 Å². The highest BCUT2D eigenvalue weighted by molar-refractivity contribution is 9.10. The van der Waals surface area contributed by atoms with Crippen LogP contribution in [-0.4, -0.2) is 5.11 Å². The van der Waals surface area contributed by atoms with Gasteiger partial charge in [-0.1, -0.05) is 25.4 Å². The van der Waals surface area contributed by atoms with Gasteiger partial charge in [0.15, 0.2) is 0 Å². The number of halogens is 2. The van der Waals surface area contributed by atoms with E-state index in [9.17, 15) is 10.4 Å². The summed E-state index contributed by atoms with van der Waals surface area (Å²) in [6.45, 7) is 4.47. The molecule has 1 N–H and O–H groups in total. The molecule has 1 fully saturated rings. The molecule has 1 aromatic rings. The minimum absolute atomic E-state index is 0.628. The van der Waals surface area contributed by atoms with Crippen molar-refractivity contribution in [3.63, 3.8) is 0 Å². The first kappa shape index (κ1) is 16.3. The van der Waals surface area contributed by atoms with E-state index >= 15 is 0 Å². The number of thiophene rings is 1. The predicted octanol–water partition coefficient (Wildman–Crippen LogP) is 5.55. The molecule has 0 amide bonds. The maximum atomic E-state index is 10.7. The van der Waals surface area contributed by atoms with Crippen molar-refractivity contribution >= 4 is 38.9 Å². The fourth-order valence-corrected chi connectivity index (χ4v) is 4.88. The number of hydrogen-bond acceptors (Lipinski definition) is 3. The molecule has 1 aliphatic carbocycles. The zero-order valence-electron chi connectivity index (χ0n) is 11.7. The van der Waals surface area contributed by atoms with Crippen LogP contribution < -0.4 is 0 Å². The largest absolute Gasteiger partial charge is 0.386 e. The maximum Gasteiger partial charge on any atom is 0.107 e. The van der Waals surface area contributed by atoms with E-state index in [2.05, 4.69) is 35.8 Å². The molecule has 1 aliphatic rings. The monoisotopic (exact) mass is 375 g/mol. The van der Waals surface area contributed by atoms with Crippen molar-refractivity contribution in [1.29, 1.82) is 5.26 Å². The fraction of sp³-hybridized carbons (Fsp3) is 0.667. The van der Waals surface area contributed by atoms with Crippen LogP contribution in [0.3, 0.4) is 0 Å². The van der Waals surface area contributed by atoms with Gasteiger partial charge in [0.2, 0.25) is 0 Å². The third-order valence-corrected chi connectivity index (χ3v) is 7.07. The molecule has 1 saturated carbocycles. The molecule has 2 nitrogen and oxygen atoms in total. The molecule has 1 heterocycles. The minimum atomic E-state index is -0.741. The first-order valence-electron chi connectivity index (χ1n) is 6.93. The molecule has 0 aromatic carbocycles. The van der Waals surface area contributed by atoms with Gasteiger partial charge in [0.25, 0.3) is 0 Å². The molecular weight excluding hydrogens is 358 g/mol. The molecule has 0 saturated heterocycles. The maximum absolute atomic E-state index is 10.7. The fourth-order valence-electron chi connectivity index (χ4n) is 3.04. The van der Waals surface area contributed by atoms with Crippen LogP contribution in [0, 0.1) is 28.6 Å². The Balaban J connectivity index is 2.18. The molecule has 0 aliphatic heterocycles. The van der Waals surface area contributed by atoms with Crippen molar-refractivity contribution in [2.75, 3.05) is 0 Å². The summed E-state index contributed by atoms with van der Waals surface area (Å²) in [6.07, 6.45) is 2.82. The van der Waals surface area contributed by atoms with Gasteiger partial charge < -0.3 is 5.11 Å². The van der Waals surface area contributed by atoms with E-state index in [4.69, 9.17) is 11.6 Å². The van der Waals surface area contributed by atoms with Crippen LogP contribution in [0.4, 0.5) is 0 Å². The minimum Gasteiger partial charge on any atom is -0.386 e. The molecule has 0 spiro atoms. The third kappa shape index (κ3) is 3.06. The van der Waals surface area contributed by atoms with Gasteiger partial charge in [-0.15, -0.1) is 11.3 Å². The van der Waals surface area contributed by atoms with E-state index in [0.29, 0.717) is 16.2 Å². The molecular formula is C15H19BrClNOS. The summed E-state index contributed by atoms with van der Waals surface area (Å²) >= 11 is 10.8. The molecule has 1 aromatic heterocycles. The van der Waals surface area contributed by atoms with Crippen molar-refractivity contribution < 1.29 is 5.11 Å². The van der Waals surface area contributed by atoms with E-state index in [1.807, 2.05) is 6.07 Å². The van der Waals surface area contributed by atoms with Crippen molar-refractivity contribution in [3.05, 3.63) is 19.8 Å². The summed E-state index contributed by atoms with van der Waals surface area (Å²) in [7, 11) is 0. The van der Waals surface area contributed by atoms with Crippen molar-refractivity contribution in [2.45, 2.75) is 45.6 Å². The van der Waals surface area contributed by atoms with Crippen LogP contribution in [0.2, 0.25) is 4.34 Å². The Bertz CT molecular complexity index is 495. The number of hydrogen-bond donors (Lipinski definition) is 1. The number of rotatable bonds is 3. The van der Waals surface area contributed by atoms with Gasteiger partial charge in [0.1, 0.15) is 10.4 Å². The highest BCUT2D eigenvalue weighted by atomic mass is 79.9. The highest BCUT2D eigenvalue weighted by Crippen LogP contribution is 2.50. The Kier molecular flexibility index (Phi) is 5.18. The molecule has 1 atom stereocenters. The predicted molar refractivity (Wildman–Crippen MR) is 86.8 cm³/mol. The van der Waals surface area contributed by atoms with Gasteiger partial charge in [0.05, 0.1) is 11.5 Å². The third-order valence-electron chi connectivity index (χ3n) is 4.55. The summed E-state index contributed by atoms with van der Waals surface area (Å²) in [5.74, 6) is 1.32. The molecule has 110 valence electrons. The van der Waals surface area contributed by atoms with Gasteiger partial charge in [-0.25, -0.2) is 0 Å². The average Bonchev–Trinajstić information content (AvgIpc) is 2.77. The Hall–Kier alpha value is -0.0800. The number of nitriles is 1.